The highest BCUT2D eigenvalue weighted by Gasteiger charge is 2.41. The van der Waals surface area contributed by atoms with Crippen molar-refractivity contribution in [3.05, 3.63) is 82.5 Å². The molecule has 3 heterocycles. The van der Waals surface area contributed by atoms with Crippen LogP contribution in [0.2, 0.25) is 0 Å². The first-order chi connectivity index (χ1) is 19.0. The number of likely N-dealkylation sites (N-methyl/N-ethyl adjacent to an activating group) is 1. The molecule has 3 aliphatic heterocycles. The molecule has 1 saturated heterocycles. The lowest BCUT2D eigenvalue weighted by Crippen LogP contribution is -2.43. The highest BCUT2D eigenvalue weighted by Crippen LogP contribution is 2.45. The van der Waals surface area contributed by atoms with Crippen LogP contribution >= 0.6 is 11.8 Å². The van der Waals surface area contributed by atoms with Gasteiger partial charge in [0, 0.05) is 31.9 Å². The highest BCUT2D eigenvalue weighted by atomic mass is 32.2. The van der Waals surface area contributed by atoms with E-state index in [1.807, 2.05) is 90.6 Å². The molecular weight excluding hydrogens is 512 g/mol. The normalized spacial score (nSPS) is 18.9. The smallest absolute Gasteiger partial charge is 0.254 e. The maximum absolute atomic E-state index is 13.9. The van der Waals surface area contributed by atoms with Gasteiger partial charge in [0.25, 0.3) is 5.91 Å². The topological polar surface area (TPSA) is 74.7 Å². The summed E-state index contributed by atoms with van der Waals surface area (Å²) in [5, 5.41) is 2.76. The predicted octanol–water partition coefficient (Wildman–Crippen LogP) is 5.17. The van der Waals surface area contributed by atoms with Gasteiger partial charge in [0.05, 0.1) is 36.9 Å². The molecule has 0 unspecified atom stereocenters. The summed E-state index contributed by atoms with van der Waals surface area (Å²) in [5.74, 6) is 1.42. The minimum absolute atomic E-state index is 0.0459. The Kier molecular flexibility index (Phi) is 8.38. The van der Waals surface area contributed by atoms with E-state index in [1.165, 1.54) is 11.8 Å². The molecule has 2 aromatic carbocycles. The molecule has 0 radical (unpaired) electrons. The average molecular weight is 547 g/mol. The molecule has 1 atom stereocenters. The summed E-state index contributed by atoms with van der Waals surface area (Å²) in [6, 6.07) is 17.0. The largest absolute Gasteiger partial charge is 0.457 e. The number of amides is 2. The summed E-state index contributed by atoms with van der Waals surface area (Å²) in [5.41, 5.74) is 3.05. The van der Waals surface area contributed by atoms with E-state index in [4.69, 9.17) is 14.5 Å². The number of nitrogens with zero attached hydrogens (tertiary/aromatic N) is 4. The fourth-order valence-corrected chi connectivity index (χ4v) is 6.06. The van der Waals surface area contributed by atoms with Crippen molar-refractivity contribution in [2.45, 2.75) is 33.2 Å². The first kappa shape index (κ1) is 27.0. The second-order valence-corrected chi connectivity index (χ2v) is 10.4. The Morgan fingerprint density at radius 2 is 1.77 bits per heavy atom. The number of fused-ring (bicyclic) bond motifs is 1. The number of hydrogen-bond donors (Lipinski definition) is 0. The number of rotatable bonds is 8. The van der Waals surface area contributed by atoms with Gasteiger partial charge in [0.1, 0.15) is 11.5 Å². The number of ether oxygens (including phenoxy) is 2. The molecule has 0 saturated carbocycles. The third-order valence-corrected chi connectivity index (χ3v) is 8.02. The SMILES string of the molecule is CCN(CC)C(=O)C1=C(C)N=C2SC=C(CC(=O)N3CCOCC3)N2[C@H]1c1cccc(Oc2ccccc2)c1. The summed E-state index contributed by atoms with van der Waals surface area (Å²) in [6.07, 6.45) is 0.231. The molecule has 0 aliphatic carbocycles. The van der Waals surface area contributed by atoms with E-state index in [2.05, 4.69) is 4.90 Å². The number of morpholine rings is 1. The van der Waals surface area contributed by atoms with Crippen LogP contribution in [0.15, 0.2) is 82.0 Å². The lowest BCUT2D eigenvalue weighted by molar-refractivity contribution is -0.134. The summed E-state index contributed by atoms with van der Waals surface area (Å²) in [6.45, 7) is 9.34. The van der Waals surface area contributed by atoms with Crippen LogP contribution in [0.25, 0.3) is 0 Å². The number of carbonyl (C=O) groups is 2. The zero-order chi connectivity index (χ0) is 27.4. The molecule has 0 bridgehead atoms. The summed E-state index contributed by atoms with van der Waals surface area (Å²) in [4.78, 5) is 37.8. The Morgan fingerprint density at radius 3 is 2.49 bits per heavy atom. The van der Waals surface area contributed by atoms with Gasteiger partial charge >= 0.3 is 0 Å². The van der Waals surface area contributed by atoms with Crippen LogP contribution in [-0.4, -0.2) is 71.1 Å². The minimum Gasteiger partial charge on any atom is -0.457 e. The van der Waals surface area contributed by atoms with Crippen LogP contribution < -0.4 is 4.74 Å². The van der Waals surface area contributed by atoms with Crippen molar-refractivity contribution in [3.8, 4) is 11.5 Å². The van der Waals surface area contributed by atoms with Crippen molar-refractivity contribution in [1.82, 2.24) is 14.7 Å². The Morgan fingerprint density at radius 1 is 1.05 bits per heavy atom. The second-order valence-electron chi connectivity index (χ2n) is 9.53. The number of carbonyl (C=O) groups excluding carboxylic acids is 2. The number of benzene rings is 2. The maximum Gasteiger partial charge on any atom is 0.254 e. The number of allylic oxidation sites excluding steroid dienone is 1. The summed E-state index contributed by atoms with van der Waals surface area (Å²) in [7, 11) is 0. The monoisotopic (exact) mass is 546 g/mol. The molecule has 9 heteroatoms. The highest BCUT2D eigenvalue weighted by molar-refractivity contribution is 8.16. The van der Waals surface area contributed by atoms with E-state index in [1.54, 1.807) is 0 Å². The molecule has 1 fully saturated rings. The maximum atomic E-state index is 13.9. The van der Waals surface area contributed by atoms with Gasteiger partial charge in [0.2, 0.25) is 5.91 Å². The van der Waals surface area contributed by atoms with Crippen LogP contribution in [0.4, 0.5) is 0 Å². The molecule has 0 N–H and O–H groups in total. The lowest BCUT2D eigenvalue weighted by Gasteiger charge is -2.38. The van der Waals surface area contributed by atoms with E-state index in [0.717, 1.165) is 22.2 Å². The van der Waals surface area contributed by atoms with Gasteiger partial charge in [-0.2, -0.15) is 0 Å². The van der Waals surface area contributed by atoms with Crippen molar-refractivity contribution in [2.75, 3.05) is 39.4 Å². The van der Waals surface area contributed by atoms with Crippen molar-refractivity contribution in [3.63, 3.8) is 0 Å². The van der Waals surface area contributed by atoms with Gasteiger partial charge < -0.3 is 24.2 Å². The standard InChI is InChI=1S/C30H34N4O4S/c1-4-32(5-2)29(36)27-21(3)31-30-34(23(20-39-30)19-26(35)33-14-16-37-17-15-33)28(27)22-10-9-13-25(18-22)38-24-11-7-6-8-12-24/h6-13,18,20,28H,4-5,14-17,19H2,1-3H3/t28-/m0/s1. The Labute approximate surface area is 234 Å². The van der Waals surface area contributed by atoms with Gasteiger partial charge in [-0.15, -0.1) is 0 Å². The average Bonchev–Trinajstić information content (AvgIpc) is 3.35. The number of thioether (sulfide) groups is 1. The van der Waals surface area contributed by atoms with E-state index in [0.29, 0.717) is 56.4 Å². The number of para-hydroxylation sites is 1. The third-order valence-electron chi connectivity index (χ3n) is 7.13. The number of amidine groups is 1. The molecule has 2 aromatic rings. The molecule has 5 rings (SSSR count). The molecule has 3 aliphatic rings. The Balaban J connectivity index is 1.52. The van der Waals surface area contributed by atoms with E-state index in [-0.39, 0.29) is 18.2 Å². The van der Waals surface area contributed by atoms with Gasteiger partial charge in [-0.05, 0) is 56.0 Å². The molecule has 39 heavy (non-hydrogen) atoms. The zero-order valence-electron chi connectivity index (χ0n) is 22.6. The zero-order valence-corrected chi connectivity index (χ0v) is 23.4. The van der Waals surface area contributed by atoms with Crippen LogP contribution in [0, 0.1) is 0 Å². The molecule has 204 valence electrons. The fraction of sp³-hybridized carbons (Fsp3) is 0.367. The number of aliphatic imine (C=N–C) groups is 1. The van der Waals surface area contributed by atoms with E-state index < -0.39 is 6.04 Å². The minimum atomic E-state index is -0.441. The Hall–Kier alpha value is -3.56. The Bertz CT molecular complexity index is 1310. The van der Waals surface area contributed by atoms with Gasteiger partial charge in [0.15, 0.2) is 5.17 Å². The van der Waals surface area contributed by atoms with Crippen molar-refractivity contribution in [1.29, 1.82) is 0 Å². The van der Waals surface area contributed by atoms with E-state index >= 15 is 0 Å². The van der Waals surface area contributed by atoms with Gasteiger partial charge in [-0.1, -0.05) is 42.1 Å². The van der Waals surface area contributed by atoms with Crippen LogP contribution in [-0.2, 0) is 14.3 Å². The van der Waals surface area contributed by atoms with E-state index in [9.17, 15) is 9.59 Å². The second kappa shape index (κ2) is 12.1. The molecule has 0 spiro atoms. The van der Waals surface area contributed by atoms with Crippen LogP contribution in [0.3, 0.4) is 0 Å². The van der Waals surface area contributed by atoms with Crippen molar-refractivity contribution < 1.29 is 19.1 Å². The van der Waals surface area contributed by atoms with Crippen LogP contribution in [0.1, 0.15) is 38.8 Å². The van der Waals surface area contributed by atoms with Crippen molar-refractivity contribution >= 4 is 28.7 Å². The molecule has 8 nitrogen and oxygen atoms in total. The summed E-state index contributed by atoms with van der Waals surface area (Å²) < 4.78 is 11.6. The summed E-state index contributed by atoms with van der Waals surface area (Å²) >= 11 is 1.49. The van der Waals surface area contributed by atoms with Gasteiger partial charge in [-0.3, -0.25) is 9.59 Å². The fourth-order valence-electron chi connectivity index (χ4n) is 5.09. The first-order valence-corrected chi connectivity index (χ1v) is 14.3. The first-order valence-electron chi connectivity index (χ1n) is 13.4. The predicted molar refractivity (Wildman–Crippen MR) is 153 cm³/mol. The molecule has 2 amide bonds. The molecule has 0 aromatic heterocycles. The van der Waals surface area contributed by atoms with Crippen molar-refractivity contribution in [2.24, 2.45) is 4.99 Å². The quantitative estimate of drug-likeness (QED) is 0.455. The van der Waals surface area contributed by atoms with Gasteiger partial charge in [-0.25, -0.2) is 4.99 Å². The van der Waals surface area contributed by atoms with Crippen LogP contribution in [0.5, 0.6) is 11.5 Å². The lowest BCUT2D eigenvalue weighted by atomic mass is 9.92. The molecular formula is C30H34N4O4S. The number of hydrogen-bond acceptors (Lipinski definition) is 7. The third kappa shape index (κ3) is 5.74.